The molecule has 2 heterocycles. The molecule has 0 saturated heterocycles. The van der Waals surface area contributed by atoms with Crippen molar-refractivity contribution in [3.63, 3.8) is 0 Å². The highest BCUT2D eigenvalue weighted by Crippen LogP contribution is 2.29. The first-order valence-corrected chi connectivity index (χ1v) is 6.04. The van der Waals surface area contributed by atoms with E-state index in [0.29, 0.717) is 6.04 Å². The van der Waals surface area contributed by atoms with E-state index < -0.39 is 0 Å². The number of anilines is 1. The van der Waals surface area contributed by atoms with Crippen molar-refractivity contribution in [3.05, 3.63) is 36.8 Å². The van der Waals surface area contributed by atoms with Crippen molar-refractivity contribution in [1.29, 1.82) is 0 Å². The molecule has 1 aliphatic carbocycles. The number of rotatable bonds is 3. The van der Waals surface area contributed by atoms with Crippen molar-refractivity contribution < 1.29 is 0 Å². The lowest BCUT2D eigenvalue weighted by Gasteiger charge is -2.33. The van der Waals surface area contributed by atoms with Gasteiger partial charge in [-0.3, -0.25) is 0 Å². The summed E-state index contributed by atoms with van der Waals surface area (Å²) in [6.45, 7) is 2.29. The smallest absolute Gasteiger partial charge is 0.153 e. The lowest BCUT2D eigenvalue weighted by Crippen LogP contribution is -2.33. The van der Waals surface area contributed by atoms with E-state index in [2.05, 4.69) is 28.4 Å². The van der Waals surface area contributed by atoms with Crippen LogP contribution in [0.25, 0.3) is 5.82 Å². The van der Waals surface area contributed by atoms with Crippen molar-refractivity contribution >= 4 is 5.69 Å². The molecule has 88 valence electrons. The number of nitrogens with one attached hydrogen (secondary N) is 1. The van der Waals surface area contributed by atoms with E-state index in [9.17, 15) is 0 Å². The van der Waals surface area contributed by atoms with Crippen molar-refractivity contribution in [3.8, 4) is 5.82 Å². The maximum atomic E-state index is 4.39. The maximum absolute atomic E-state index is 4.39. The van der Waals surface area contributed by atoms with Crippen LogP contribution in [0.1, 0.15) is 19.8 Å². The Bertz CT molecular complexity index is 469. The Morgan fingerprint density at radius 2 is 2.24 bits per heavy atom. The summed E-state index contributed by atoms with van der Waals surface area (Å²) in [6.07, 6.45) is 8.05. The largest absolute Gasteiger partial charge is 0.381 e. The average Bonchev–Trinajstić information content (AvgIpc) is 2.81. The summed E-state index contributed by atoms with van der Waals surface area (Å²) in [5.74, 6) is 1.71. The molecule has 4 nitrogen and oxygen atoms in total. The standard InChI is InChI=1S/C13H16N4/c1-10-7-12(8-10)16-11-3-4-13(14-9-11)17-6-2-5-15-17/h2-6,9-10,12,16H,7-8H2,1H3. The van der Waals surface area contributed by atoms with Gasteiger partial charge < -0.3 is 5.32 Å². The fraction of sp³-hybridized carbons (Fsp3) is 0.385. The van der Waals surface area contributed by atoms with Gasteiger partial charge in [-0.2, -0.15) is 5.10 Å². The third-order valence-electron chi connectivity index (χ3n) is 3.23. The van der Waals surface area contributed by atoms with Gasteiger partial charge >= 0.3 is 0 Å². The highest BCUT2D eigenvalue weighted by atomic mass is 15.3. The molecular weight excluding hydrogens is 212 g/mol. The molecule has 0 radical (unpaired) electrons. The van der Waals surface area contributed by atoms with Gasteiger partial charge in [0.25, 0.3) is 0 Å². The number of pyridine rings is 1. The molecule has 0 aliphatic heterocycles. The van der Waals surface area contributed by atoms with E-state index in [1.54, 1.807) is 10.9 Å². The predicted octanol–water partition coefficient (Wildman–Crippen LogP) is 2.48. The van der Waals surface area contributed by atoms with E-state index in [1.807, 2.05) is 24.5 Å². The first-order chi connectivity index (χ1) is 8.31. The third-order valence-corrected chi connectivity index (χ3v) is 3.23. The van der Waals surface area contributed by atoms with Gasteiger partial charge in [-0.25, -0.2) is 9.67 Å². The monoisotopic (exact) mass is 228 g/mol. The predicted molar refractivity (Wildman–Crippen MR) is 67.2 cm³/mol. The Balaban J connectivity index is 1.68. The van der Waals surface area contributed by atoms with Crippen molar-refractivity contribution in [1.82, 2.24) is 14.8 Å². The topological polar surface area (TPSA) is 42.7 Å². The normalized spacial score (nSPS) is 23.1. The maximum Gasteiger partial charge on any atom is 0.153 e. The molecule has 2 aromatic heterocycles. The Kier molecular flexibility index (Phi) is 2.55. The number of aromatic nitrogens is 3. The second kappa shape index (κ2) is 4.20. The molecule has 2 aromatic rings. The van der Waals surface area contributed by atoms with Crippen LogP contribution in [0.2, 0.25) is 0 Å². The van der Waals surface area contributed by atoms with Crippen LogP contribution < -0.4 is 5.32 Å². The summed E-state index contributed by atoms with van der Waals surface area (Å²) in [4.78, 5) is 4.39. The van der Waals surface area contributed by atoms with Gasteiger partial charge in [-0.1, -0.05) is 6.92 Å². The van der Waals surface area contributed by atoms with E-state index in [4.69, 9.17) is 0 Å². The SMILES string of the molecule is CC1CC(Nc2ccc(-n3cccn3)nc2)C1. The summed E-state index contributed by atoms with van der Waals surface area (Å²) >= 11 is 0. The van der Waals surface area contributed by atoms with Crippen LogP contribution in [0.5, 0.6) is 0 Å². The minimum atomic E-state index is 0.627. The molecule has 0 aromatic carbocycles. The fourth-order valence-electron chi connectivity index (χ4n) is 2.27. The van der Waals surface area contributed by atoms with Crippen LogP contribution in [0, 0.1) is 5.92 Å². The molecule has 1 N–H and O–H groups in total. The Morgan fingerprint density at radius 1 is 1.35 bits per heavy atom. The lowest BCUT2D eigenvalue weighted by molar-refractivity contribution is 0.309. The highest BCUT2D eigenvalue weighted by molar-refractivity contribution is 5.44. The molecule has 3 rings (SSSR count). The first kappa shape index (κ1) is 10.3. The van der Waals surface area contributed by atoms with Crippen LogP contribution >= 0.6 is 0 Å². The van der Waals surface area contributed by atoms with Crippen LogP contribution in [0.4, 0.5) is 5.69 Å². The summed E-state index contributed by atoms with van der Waals surface area (Å²) in [6, 6.07) is 6.57. The zero-order valence-electron chi connectivity index (χ0n) is 9.87. The van der Waals surface area contributed by atoms with Gasteiger partial charge in [-0.15, -0.1) is 0 Å². The third kappa shape index (κ3) is 2.16. The van der Waals surface area contributed by atoms with Crippen molar-refractivity contribution in [2.24, 2.45) is 5.92 Å². The lowest BCUT2D eigenvalue weighted by atomic mass is 9.82. The van der Waals surface area contributed by atoms with E-state index in [-0.39, 0.29) is 0 Å². The second-order valence-corrected chi connectivity index (χ2v) is 4.77. The highest BCUT2D eigenvalue weighted by Gasteiger charge is 2.24. The minimum Gasteiger partial charge on any atom is -0.381 e. The summed E-state index contributed by atoms with van der Waals surface area (Å²) in [5.41, 5.74) is 1.10. The molecule has 17 heavy (non-hydrogen) atoms. The van der Waals surface area contributed by atoms with Gasteiger partial charge in [0, 0.05) is 18.4 Å². The molecule has 1 fully saturated rings. The number of hydrogen-bond donors (Lipinski definition) is 1. The second-order valence-electron chi connectivity index (χ2n) is 4.77. The Morgan fingerprint density at radius 3 is 2.82 bits per heavy atom. The average molecular weight is 228 g/mol. The fourth-order valence-corrected chi connectivity index (χ4v) is 2.27. The van der Waals surface area contributed by atoms with E-state index in [0.717, 1.165) is 17.4 Å². The van der Waals surface area contributed by atoms with Gasteiger partial charge in [0.1, 0.15) is 0 Å². The van der Waals surface area contributed by atoms with E-state index >= 15 is 0 Å². The van der Waals surface area contributed by atoms with Crippen molar-refractivity contribution in [2.75, 3.05) is 5.32 Å². The zero-order chi connectivity index (χ0) is 11.7. The Hall–Kier alpha value is -1.84. The molecule has 1 aliphatic rings. The molecule has 0 atom stereocenters. The summed E-state index contributed by atoms with van der Waals surface area (Å²) in [7, 11) is 0. The molecule has 1 saturated carbocycles. The van der Waals surface area contributed by atoms with Gasteiger partial charge in [0.2, 0.25) is 0 Å². The molecule has 4 heteroatoms. The van der Waals surface area contributed by atoms with Gasteiger partial charge in [0.05, 0.1) is 11.9 Å². The van der Waals surface area contributed by atoms with Crippen molar-refractivity contribution in [2.45, 2.75) is 25.8 Å². The minimum absolute atomic E-state index is 0.627. The van der Waals surface area contributed by atoms with Gasteiger partial charge in [0.15, 0.2) is 5.82 Å². The summed E-state index contributed by atoms with van der Waals surface area (Å²) in [5, 5.41) is 7.64. The molecule has 0 bridgehead atoms. The van der Waals surface area contributed by atoms with Gasteiger partial charge in [-0.05, 0) is 37.0 Å². The number of hydrogen-bond acceptors (Lipinski definition) is 3. The molecular formula is C13H16N4. The van der Waals surface area contributed by atoms with Crippen LogP contribution in [-0.2, 0) is 0 Å². The number of nitrogens with zero attached hydrogens (tertiary/aromatic N) is 3. The molecule has 0 unspecified atom stereocenters. The quantitative estimate of drug-likeness (QED) is 0.877. The van der Waals surface area contributed by atoms with Crippen LogP contribution in [0.3, 0.4) is 0 Å². The zero-order valence-corrected chi connectivity index (χ0v) is 9.87. The summed E-state index contributed by atoms with van der Waals surface area (Å²) < 4.78 is 1.76. The Labute approximate surface area is 101 Å². The van der Waals surface area contributed by atoms with Crippen LogP contribution in [-0.4, -0.2) is 20.8 Å². The van der Waals surface area contributed by atoms with Crippen LogP contribution in [0.15, 0.2) is 36.8 Å². The van der Waals surface area contributed by atoms with E-state index in [1.165, 1.54) is 12.8 Å². The molecule has 0 amide bonds. The first-order valence-electron chi connectivity index (χ1n) is 6.04. The molecule has 0 spiro atoms.